The Hall–Kier alpha value is -1.11. The van der Waals surface area contributed by atoms with Gasteiger partial charge >= 0.3 is 0 Å². The fraction of sp³-hybridized carbons (Fsp3) is 0.462. The Morgan fingerprint density at radius 2 is 1.50 bits per heavy atom. The monoisotopic (exact) mass is 190 g/mol. The summed E-state index contributed by atoms with van der Waals surface area (Å²) in [5, 5.41) is 0. The van der Waals surface area contributed by atoms with Crippen molar-refractivity contribution in [1.29, 1.82) is 0 Å². The Kier molecular flexibility index (Phi) is 2.79. The van der Waals surface area contributed by atoms with Crippen molar-refractivity contribution in [3.8, 4) is 0 Å². The maximum absolute atomic E-state index is 10.8. The van der Waals surface area contributed by atoms with Crippen molar-refractivity contribution in [2.75, 3.05) is 0 Å². The second-order valence-electron chi connectivity index (χ2n) is 4.89. The predicted octanol–water partition coefficient (Wildman–Crippen LogP) is 3.41. The van der Waals surface area contributed by atoms with Gasteiger partial charge in [-0.15, -0.1) is 0 Å². The largest absolute Gasteiger partial charge is 0.298 e. The fourth-order valence-electron chi connectivity index (χ4n) is 1.59. The summed E-state index contributed by atoms with van der Waals surface area (Å²) in [4.78, 5) is 10.8. The molecule has 0 atom stereocenters. The summed E-state index contributed by atoms with van der Waals surface area (Å²) in [6.07, 6.45) is 0.942. The van der Waals surface area contributed by atoms with Crippen LogP contribution in [0.2, 0.25) is 0 Å². The van der Waals surface area contributed by atoms with Crippen LogP contribution in [-0.4, -0.2) is 6.29 Å². The molecule has 1 rings (SSSR count). The molecule has 0 aromatic heterocycles. The van der Waals surface area contributed by atoms with Crippen molar-refractivity contribution in [3.05, 3.63) is 34.4 Å². The Morgan fingerprint density at radius 1 is 1.07 bits per heavy atom. The maximum Gasteiger partial charge on any atom is 0.150 e. The van der Waals surface area contributed by atoms with Gasteiger partial charge < -0.3 is 0 Å². The number of aldehydes is 1. The molecule has 0 aliphatic carbocycles. The van der Waals surface area contributed by atoms with Crippen LogP contribution < -0.4 is 0 Å². The van der Waals surface area contributed by atoms with E-state index in [0.29, 0.717) is 0 Å². The SMILES string of the molecule is Cc1cc(C(C)(C)C)cc(C)c1C=O. The summed E-state index contributed by atoms with van der Waals surface area (Å²) < 4.78 is 0. The van der Waals surface area contributed by atoms with Crippen LogP contribution in [0.5, 0.6) is 0 Å². The Morgan fingerprint density at radius 3 is 1.79 bits per heavy atom. The summed E-state index contributed by atoms with van der Waals surface area (Å²) in [5.41, 5.74) is 4.42. The van der Waals surface area contributed by atoms with E-state index in [2.05, 4.69) is 32.9 Å². The average Bonchev–Trinajstić information content (AvgIpc) is 2.01. The van der Waals surface area contributed by atoms with E-state index in [1.165, 1.54) is 5.56 Å². The van der Waals surface area contributed by atoms with Crippen LogP contribution in [0.15, 0.2) is 12.1 Å². The van der Waals surface area contributed by atoms with Crippen LogP contribution in [0.25, 0.3) is 0 Å². The second-order valence-corrected chi connectivity index (χ2v) is 4.89. The van der Waals surface area contributed by atoms with Gasteiger partial charge in [-0.3, -0.25) is 4.79 Å². The molecule has 14 heavy (non-hydrogen) atoms. The quantitative estimate of drug-likeness (QED) is 0.620. The van der Waals surface area contributed by atoms with Crippen LogP contribution in [-0.2, 0) is 5.41 Å². The Balaban J connectivity index is 3.35. The van der Waals surface area contributed by atoms with Crippen molar-refractivity contribution >= 4 is 6.29 Å². The number of aryl methyl sites for hydroxylation is 2. The van der Waals surface area contributed by atoms with E-state index >= 15 is 0 Å². The second kappa shape index (κ2) is 3.56. The first kappa shape index (κ1) is 11.0. The van der Waals surface area contributed by atoms with Crippen molar-refractivity contribution in [3.63, 3.8) is 0 Å². The Labute approximate surface area is 86.1 Å². The fourth-order valence-corrected chi connectivity index (χ4v) is 1.59. The third-order valence-electron chi connectivity index (χ3n) is 2.58. The number of benzene rings is 1. The molecule has 0 N–H and O–H groups in total. The molecule has 76 valence electrons. The number of carbonyl (C=O) groups excluding carboxylic acids is 1. The molecular weight excluding hydrogens is 172 g/mol. The van der Waals surface area contributed by atoms with Gasteiger partial charge in [0.1, 0.15) is 0 Å². The van der Waals surface area contributed by atoms with E-state index in [9.17, 15) is 4.79 Å². The van der Waals surface area contributed by atoms with Gasteiger partial charge in [0.2, 0.25) is 0 Å². The van der Waals surface area contributed by atoms with Crippen LogP contribution in [0, 0.1) is 13.8 Å². The standard InChI is InChI=1S/C13H18O/c1-9-6-11(13(3,4)5)7-10(2)12(9)8-14/h6-8H,1-5H3. The van der Waals surface area contributed by atoms with E-state index in [4.69, 9.17) is 0 Å². The van der Waals surface area contributed by atoms with Crippen LogP contribution in [0.4, 0.5) is 0 Å². The third kappa shape index (κ3) is 2.03. The van der Waals surface area contributed by atoms with E-state index in [1.807, 2.05) is 13.8 Å². The van der Waals surface area contributed by atoms with Crippen LogP contribution >= 0.6 is 0 Å². The van der Waals surface area contributed by atoms with Crippen LogP contribution in [0.1, 0.15) is 47.8 Å². The highest BCUT2D eigenvalue weighted by atomic mass is 16.1. The minimum atomic E-state index is 0.150. The van der Waals surface area contributed by atoms with Gasteiger partial charge in [0.05, 0.1) is 0 Å². The number of hydrogen-bond donors (Lipinski definition) is 0. The zero-order valence-corrected chi connectivity index (χ0v) is 9.64. The summed E-state index contributed by atoms with van der Waals surface area (Å²) >= 11 is 0. The highest BCUT2D eigenvalue weighted by Crippen LogP contribution is 2.25. The lowest BCUT2D eigenvalue weighted by molar-refractivity contribution is 0.112. The first-order chi connectivity index (χ1) is 6.36. The van der Waals surface area contributed by atoms with Gasteiger partial charge in [-0.1, -0.05) is 32.9 Å². The molecule has 0 saturated heterocycles. The topological polar surface area (TPSA) is 17.1 Å². The average molecular weight is 190 g/mol. The zero-order valence-electron chi connectivity index (χ0n) is 9.64. The molecule has 0 bridgehead atoms. The summed E-state index contributed by atoms with van der Waals surface area (Å²) in [5.74, 6) is 0. The first-order valence-corrected chi connectivity index (χ1v) is 4.93. The van der Waals surface area contributed by atoms with E-state index in [1.54, 1.807) is 0 Å². The molecule has 0 radical (unpaired) electrons. The molecule has 1 heteroatoms. The van der Waals surface area contributed by atoms with E-state index in [0.717, 1.165) is 23.0 Å². The molecule has 0 aliphatic rings. The van der Waals surface area contributed by atoms with Crippen LogP contribution in [0.3, 0.4) is 0 Å². The lowest BCUT2D eigenvalue weighted by Crippen LogP contribution is -2.12. The van der Waals surface area contributed by atoms with Crippen molar-refractivity contribution < 1.29 is 4.79 Å². The summed E-state index contributed by atoms with van der Waals surface area (Å²) in [6.45, 7) is 10.5. The zero-order chi connectivity index (χ0) is 10.9. The maximum atomic E-state index is 10.8. The lowest BCUT2D eigenvalue weighted by atomic mass is 9.84. The van der Waals surface area contributed by atoms with Gasteiger partial charge in [0.25, 0.3) is 0 Å². The minimum Gasteiger partial charge on any atom is -0.298 e. The molecule has 1 aromatic rings. The molecule has 0 amide bonds. The molecule has 1 aromatic carbocycles. The third-order valence-corrected chi connectivity index (χ3v) is 2.58. The number of hydrogen-bond acceptors (Lipinski definition) is 1. The van der Waals surface area contributed by atoms with Crippen molar-refractivity contribution in [2.24, 2.45) is 0 Å². The first-order valence-electron chi connectivity index (χ1n) is 4.93. The van der Waals surface area contributed by atoms with Crippen molar-refractivity contribution in [2.45, 2.75) is 40.0 Å². The molecule has 0 spiro atoms. The van der Waals surface area contributed by atoms with E-state index < -0.39 is 0 Å². The smallest absolute Gasteiger partial charge is 0.150 e. The minimum absolute atomic E-state index is 0.150. The molecule has 0 heterocycles. The highest BCUT2D eigenvalue weighted by Gasteiger charge is 2.15. The molecule has 0 saturated carbocycles. The van der Waals surface area contributed by atoms with Gasteiger partial charge in [0.15, 0.2) is 6.29 Å². The summed E-state index contributed by atoms with van der Waals surface area (Å²) in [7, 11) is 0. The highest BCUT2D eigenvalue weighted by molar-refractivity contribution is 5.79. The molecule has 0 fully saturated rings. The molecule has 0 aliphatic heterocycles. The van der Waals surface area contributed by atoms with Gasteiger partial charge in [-0.2, -0.15) is 0 Å². The van der Waals surface area contributed by atoms with Crippen molar-refractivity contribution in [1.82, 2.24) is 0 Å². The Bertz CT molecular complexity index is 333. The number of rotatable bonds is 1. The van der Waals surface area contributed by atoms with E-state index in [-0.39, 0.29) is 5.41 Å². The summed E-state index contributed by atoms with van der Waals surface area (Å²) in [6, 6.07) is 4.22. The molecule has 1 nitrogen and oxygen atoms in total. The molecule has 0 unspecified atom stereocenters. The van der Waals surface area contributed by atoms with Gasteiger partial charge in [0, 0.05) is 5.56 Å². The normalized spacial score (nSPS) is 11.5. The lowest BCUT2D eigenvalue weighted by Gasteiger charge is -2.21. The predicted molar refractivity (Wildman–Crippen MR) is 60.0 cm³/mol. The van der Waals surface area contributed by atoms with Gasteiger partial charge in [-0.05, 0) is 36.0 Å². The number of carbonyl (C=O) groups is 1. The molecular formula is C13H18O. The van der Waals surface area contributed by atoms with Gasteiger partial charge in [-0.25, -0.2) is 0 Å².